The van der Waals surface area contributed by atoms with Crippen LogP contribution in [0.5, 0.6) is 11.5 Å². The molecule has 1 N–H and O–H groups in total. The van der Waals surface area contributed by atoms with Crippen LogP contribution < -0.4 is 19.1 Å². The third-order valence-corrected chi connectivity index (χ3v) is 5.43. The highest BCUT2D eigenvalue weighted by Crippen LogP contribution is 2.29. The van der Waals surface area contributed by atoms with Gasteiger partial charge in [0.15, 0.2) is 0 Å². The largest absolute Gasteiger partial charge is 0.497 e. The summed E-state index contributed by atoms with van der Waals surface area (Å²) in [6.45, 7) is 3.65. The Labute approximate surface area is 166 Å². The van der Waals surface area contributed by atoms with Crippen LogP contribution in [0.1, 0.15) is 18.9 Å². The van der Waals surface area contributed by atoms with Crippen molar-refractivity contribution in [2.45, 2.75) is 26.3 Å². The molecular weight excluding hydrogens is 380 g/mol. The van der Waals surface area contributed by atoms with Crippen molar-refractivity contribution in [3.05, 3.63) is 48.0 Å². The molecule has 152 valence electrons. The SMILES string of the molecule is CC[C@@H](C(=O)Nc1cc(C)ccc1OC)N(c1cccc(OC)c1)S(C)(=O)=O. The number of nitrogens with zero attached hydrogens (tertiary/aromatic N) is 1. The molecule has 28 heavy (non-hydrogen) atoms. The fraction of sp³-hybridized carbons (Fsp3) is 0.350. The van der Waals surface area contributed by atoms with Gasteiger partial charge in [-0.2, -0.15) is 0 Å². The van der Waals surface area contributed by atoms with Gasteiger partial charge in [0.1, 0.15) is 17.5 Å². The molecule has 0 saturated carbocycles. The number of nitrogens with one attached hydrogen (secondary N) is 1. The van der Waals surface area contributed by atoms with Crippen LogP contribution in [-0.4, -0.2) is 40.8 Å². The van der Waals surface area contributed by atoms with Crippen LogP contribution in [-0.2, 0) is 14.8 Å². The van der Waals surface area contributed by atoms with E-state index in [1.807, 2.05) is 13.0 Å². The van der Waals surface area contributed by atoms with Crippen molar-refractivity contribution in [1.29, 1.82) is 0 Å². The number of sulfonamides is 1. The second kappa shape index (κ2) is 8.97. The number of rotatable bonds is 8. The fourth-order valence-electron chi connectivity index (χ4n) is 2.94. The lowest BCUT2D eigenvalue weighted by Crippen LogP contribution is -2.47. The Morgan fingerprint density at radius 2 is 1.86 bits per heavy atom. The number of ether oxygens (including phenoxy) is 2. The molecule has 0 saturated heterocycles. The van der Waals surface area contributed by atoms with E-state index in [0.717, 1.165) is 16.1 Å². The summed E-state index contributed by atoms with van der Waals surface area (Å²) in [5.74, 6) is 0.558. The molecular formula is C20H26N2O5S. The monoisotopic (exact) mass is 406 g/mol. The third kappa shape index (κ3) is 4.95. The van der Waals surface area contributed by atoms with Crippen LogP contribution >= 0.6 is 0 Å². The first kappa shape index (κ1) is 21.6. The fourth-order valence-corrected chi connectivity index (χ4v) is 4.15. The van der Waals surface area contributed by atoms with Crippen molar-refractivity contribution < 1.29 is 22.7 Å². The summed E-state index contributed by atoms with van der Waals surface area (Å²) in [4.78, 5) is 13.0. The van der Waals surface area contributed by atoms with Gasteiger partial charge in [0.05, 0.1) is 31.9 Å². The molecule has 0 radical (unpaired) electrons. The maximum absolute atomic E-state index is 13.0. The Balaban J connectivity index is 2.43. The van der Waals surface area contributed by atoms with E-state index in [-0.39, 0.29) is 6.42 Å². The van der Waals surface area contributed by atoms with Crippen molar-refractivity contribution in [2.24, 2.45) is 0 Å². The molecule has 0 unspecified atom stereocenters. The molecule has 0 aromatic heterocycles. The minimum absolute atomic E-state index is 0.282. The maximum Gasteiger partial charge on any atom is 0.248 e. The molecule has 0 fully saturated rings. The van der Waals surface area contributed by atoms with E-state index >= 15 is 0 Å². The minimum Gasteiger partial charge on any atom is -0.497 e. The molecule has 7 nitrogen and oxygen atoms in total. The van der Waals surface area contributed by atoms with E-state index in [4.69, 9.17) is 9.47 Å². The number of carbonyl (C=O) groups is 1. The standard InChI is InChI=1S/C20H26N2O5S/c1-6-18(20(23)21-17-12-14(2)10-11-19(17)27-4)22(28(5,24)25)15-8-7-9-16(13-15)26-3/h7-13,18H,6H2,1-5H3,(H,21,23)/t18-/m0/s1. The normalized spacial score (nSPS) is 12.2. The molecule has 1 amide bonds. The van der Waals surface area contributed by atoms with Crippen molar-refractivity contribution in [1.82, 2.24) is 0 Å². The van der Waals surface area contributed by atoms with Gasteiger partial charge in [-0.3, -0.25) is 9.10 Å². The van der Waals surface area contributed by atoms with Gasteiger partial charge in [-0.05, 0) is 43.2 Å². The predicted molar refractivity (Wildman–Crippen MR) is 111 cm³/mol. The van der Waals surface area contributed by atoms with Gasteiger partial charge in [-0.1, -0.05) is 19.1 Å². The van der Waals surface area contributed by atoms with E-state index in [2.05, 4.69) is 5.32 Å². The topological polar surface area (TPSA) is 84.9 Å². The summed E-state index contributed by atoms with van der Waals surface area (Å²) in [6, 6.07) is 11.1. The number of hydrogen-bond acceptors (Lipinski definition) is 5. The highest BCUT2D eigenvalue weighted by atomic mass is 32.2. The lowest BCUT2D eigenvalue weighted by molar-refractivity contribution is -0.117. The van der Waals surface area contributed by atoms with Crippen molar-refractivity contribution in [3.8, 4) is 11.5 Å². The number of aryl methyl sites for hydroxylation is 1. The molecule has 0 spiro atoms. The van der Waals surface area contributed by atoms with Crippen LogP contribution in [0.15, 0.2) is 42.5 Å². The van der Waals surface area contributed by atoms with Gasteiger partial charge >= 0.3 is 0 Å². The zero-order valence-electron chi connectivity index (χ0n) is 16.7. The van der Waals surface area contributed by atoms with Crippen molar-refractivity contribution >= 4 is 27.3 Å². The molecule has 2 rings (SSSR count). The molecule has 2 aromatic carbocycles. The van der Waals surface area contributed by atoms with Crippen LogP contribution in [0.4, 0.5) is 11.4 Å². The lowest BCUT2D eigenvalue weighted by atomic mass is 10.1. The molecule has 0 aliphatic heterocycles. The average Bonchev–Trinajstić information content (AvgIpc) is 2.65. The Kier molecular flexibility index (Phi) is 6.90. The molecule has 1 atom stereocenters. The summed E-state index contributed by atoms with van der Waals surface area (Å²) in [7, 11) is -0.721. The summed E-state index contributed by atoms with van der Waals surface area (Å²) >= 11 is 0. The first-order chi connectivity index (χ1) is 13.2. The number of hydrogen-bond donors (Lipinski definition) is 1. The quantitative estimate of drug-likeness (QED) is 0.728. The van der Waals surface area contributed by atoms with Crippen LogP contribution in [0.2, 0.25) is 0 Å². The summed E-state index contributed by atoms with van der Waals surface area (Å²) < 4.78 is 36.7. The number of carbonyl (C=O) groups excluding carboxylic acids is 1. The van der Waals surface area contributed by atoms with Gasteiger partial charge in [-0.15, -0.1) is 0 Å². The molecule has 0 heterocycles. The molecule has 0 bridgehead atoms. The first-order valence-corrected chi connectivity index (χ1v) is 10.6. The predicted octanol–water partition coefficient (Wildman–Crippen LogP) is 3.20. The van der Waals surface area contributed by atoms with Gasteiger partial charge < -0.3 is 14.8 Å². The van der Waals surface area contributed by atoms with E-state index in [1.54, 1.807) is 43.3 Å². The van der Waals surface area contributed by atoms with E-state index in [0.29, 0.717) is 22.9 Å². The second-order valence-electron chi connectivity index (χ2n) is 6.38. The Hall–Kier alpha value is -2.74. The van der Waals surface area contributed by atoms with Crippen LogP contribution in [0.3, 0.4) is 0 Å². The van der Waals surface area contributed by atoms with Gasteiger partial charge in [0, 0.05) is 6.07 Å². The lowest BCUT2D eigenvalue weighted by Gasteiger charge is -2.30. The van der Waals surface area contributed by atoms with Gasteiger partial charge in [-0.25, -0.2) is 8.42 Å². The van der Waals surface area contributed by atoms with Crippen LogP contribution in [0, 0.1) is 6.92 Å². The maximum atomic E-state index is 13.0. The number of methoxy groups -OCH3 is 2. The zero-order chi connectivity index (χ0) is 20.9. The van der Waals surface area contributed by atoms with E-state index in [9.17, 15) is 13.2 Å². The second-order valence-corrected chi connectivity index (χ2v) is 8.24. The third-order valence-electron chi connectivity index (χ3n) is 4.25. The van der Waals surface area contributed by atoms with Crippen LogP contribution in [0.25, 0.3) is 0 Å². The Morgan fingerprint density at radius 3 is 2.43 bits per heavy atom. The zero-order valence-corrected chi connectivity index (χ0v) is 17.5. The van der Waals surface area contributed by atoms with E-state index in [1.165, 1.54) is 14.2 Å². The molecule has 2 aromatic rings. The molecule has 0 aliphatic rings. The Bertz CT molecular complexity index is 943. The smallest absolute Gasteiger partial charge is 0.248 e. The minimum atomic E-state index is -3.73. The molecule has 8 heteroatoms. The van der Waals surface area contributed by atoms with Gasteiger partial charge in [0.2, 0.25) is 15.9 Å². The summed E-state index contributed by atoms with van der Waals surface area (Å²) in [5, 5.41) is 2.80. The van der Waals surface area contributed by atoms with E-state index < -0.39 is 22.0 Å². The summed E-state index contributed by atoms with van der Waals surface area (Å²) in [5.41, 5.74) is 1.79. The van der Waals surface area contributed by atoms with Crippen molar-refractivity contribution in [2.75, 3.05) is 30.1 Å². The number of anilines is 2. The number of benzene rings is 2. The molecule has 0 aliphatic carbocycles. The Morgan fingerprint density at radius 1 is 1.14 bits per heavy atom. The highest BCUT2D eigenvalue weighted by Gasteiger charge is 2.32. The average molecular weight is 407 g/mol. The van der Waals surface area contributed by atoms with Gasteiger partial charge in [0.25, 0.3) is 0 Å². The highest BCUT2D eigenvalue weighted by molar-refractivity contribution is 7.92. The summed E-state index contributed by atoms with van der Waals surface area (Å²) in [6.07, 6.45) is 1.36. The first-order valence-electron chi connectivity index (χ1n) is 8.80. The number of amides is 1. The van der Waals surface area contributed by atoms with Crippen molar-refractivity contribution in [3.63, 3.8) is 0 Å².